The molecule has 1 aromatic carbocycles. The first-order chi connectivity index (χ1) is 14.3. The summed E-state index contributed by atoms with van der Waals surface area (Å²) in [5, 5.41) is 12.8. The molecule has 9 heteroatoms. The fourth-order valence-electron chi connectivity index (χ4n) is 3.05. The van der Waals surface area contributed by atoms with Crippen LogP contribution >= 0.6 is 0 Å². The monoisotopic (exact) mass is 393 g/mol. The number of hydrogen-bond acceptors (Lipinski definition) is 7. The smallest absolute Gasteiger partial charge is 0.187 e. The molecule has 0 amide bonds. The highest BCUT2D eigenvalue weighted by Gasteiger charge is 2.11. The van der Waals surface area contributed by atoms with E-state index >= 15 is 0 Å². The van der Waals surface area contributed by atoms with Crippen molar-refractivity contribution in [2.24, 2.45) is 0 Å². The zero-order chi connectivity index (χ0) is 20.1. The zero-order valence-electron chi connectivity index (χ0n) is 16.5. The van der Waals surface area contributed by atoms with Gasteiger partial charge in [0.2, 0.25) is 0 Å². The summed E-state index contributed by atoms with van der Waals surface area (Å²) >= 11 is 0. The topological polar surface area (TPSA) is 92.8 Å². The van der Waals surface area contributed by atoms with Crippen LogP contribution in [0.5, 0.6) is 5.75 Å². The lowest BCUT2D eigenvalue weighted by molar-refractivity contribution is 0.189. The van der Waals surface area contributed by atoms with Crippen LogP contribution in [0, 0.1) is 0 Å². The molecule has 4 aromatic rings. The maximum absolute atomic E-state index is 5.50. The number of fused-ring (bicyclic) bond motifs is 1. The molecule has 0 aliphatic rings. The fraction of sp³-hybridized carbons (Fsp3) is 0.350. The first kappa shape index (κ1) is 19.0. The molecule has 0 unspecified atom stereocenters. The molecule has 9 nitrogen and oxygen atoms in total. The van der Waals surface area contributed by atoms with Crippen LogP contribution in [-0.2, 0) is 17.7 Å². The molecular weight excluding hydrogens is 370 g/mol. The Morgan fingerprint density at radius 3 is 2.76 bits per heavy atom. The van der Waals surface area contributed by atoms with Crippen molar-refractivity contribution < 1.29 is 9.47 Å². The van der Waals surface area contributed by atoms with Gasteiger partial charge in [0.25, 0.3) is 0 Å². The third-order valence-corrected chi connectivity index (χ3v) is 4.42. The van der Waals surface area contributed by atoms with Crippen LogP contribution in [0.25, 0.3) is 16.9 Å². The van der Waals surface area contributed by atoms with E-state index in [4.69, 9.17) is 9.47 Å². The Balaban J connectivity index is 1.54. The van der Waals surface area contributed by atoms with Crippen molar-refractivity contribution >= 4 is 11.2 Å². The molecule has 0 saturated carbocycles. The van der Waals surface area contributed by atoms with Crippen molar-refractivity contribution in [2.45, 2.75) is 26.3 Å². The number of nitrogens with zero attached hydrogens (tertiary/aromatic N) is 7. The van der Waals surface area contributed by atoms with E-state index in [0.717, 1.165) is 36.6 Å². The van der Waals surface area contributed by atoms with Crippen LogP contribution in [-0.4, -0.2) is 55.1 Å². The van der Waals surface area contributed by atoms with Crippen LogP contribution in [0.3, 0.4) is 0 Å². The van der Waals surface area contributed by atoms with Crippen LogP contribution in [0.15, 0.2) is 42.9 Å². The van der Waals surface area contributed by atoms with Crippen LogP contribution in [0.2, 0.25) is 0 Å². The molecule has 150 valence electrons. The second-order valence-corrected chi connectivity index (χ2v) is 6.56. The van der Waals surface area contributed by atoms with E-state index in [1.807, 2.05) is 48.3 Å². The maximum atomic E-state index is 5.50. The number of aryl methyl sites for hydroxylation is 1. The lowest BCUT2D eigenvalue weighted by Gasteiger charge is -2.05. The number of aromatic nitrogens is 7. The molecular formula is C20H23N7O2. The quantitative estimate of drug-likeness (QED) is 0.403. The van der Waals surface area contributed by atoms with Gasteiger partial charge in [0, 0.05) is 32.9 Å². The largest absolute Gasteiger partial charge is 0.494 e. The zero-order valence-corrected chi connectivity index (χ0v) is 16.5. The van der Waals surface area contributed by atoms with Gasteiger partial charge < -0.3 is 9.47 Å². The van der Waals surface area contributed by atoms with Gasteiger partial charge >= 0.3 is 0 Å². The van der Waals surface area contributed by atoms with E-state index in [1.54, 1.807) is 18.0 Å². The summed E-state index contributed by atoms with van der Waals surface area (Å²) in [6.45, 7) is 4.13. The highest BCUT2D eigenvalue weighted by Crippen LogP contribution is 2.18. The lowest BCUT2D eigenvalue weighted by atomic mass is 10.2. The van der Waals surface area contributed by atoms with E-state index < -0.39 is 0 Å². The Morgan fingerprint density at radius 1 is 1.10 bits per heavy atom. The van der Waals surface area contributed by atoms with Crippen molar-refractivity contribution in [3.8, 4) is 11.4 Å². The summed E-state index contributed by atoms with van der Waals surface area (Å²) in [6, 6.07) is 7.69. The number of rotatable bonds is 9. The summed E-state index contributed by atoms with van der Waals surface area (Å²) in [6.07, 6.45) is 7.09. The van der Waals surface area contributed by atoms with Gasteiger partial charge in [-0.25, -0.2) is 9.97 Å². The molecule has 3 heterocycles. The van der Waals surface area contributed by atoms with Gasteiger partial charge in [-0.1, -0.05) is 5.21 Å². The molecule has 0 aliphatic carbocycles. The molecule has 3 aromatic heterocycles. The summed E-state index contributed by atoms with van der Waals surface area (Å²) < 4.78 is 14.2. The van der Waals surface area contributed by atoms with Crippen molar-refractivity contribution in [1.29, 1.82) is 0 Å². The maximum Gasteiger partial charge on any atom is 0.187 e. The van der Waals surface area contributed by atoms with Gasteiger partial charge in [-0.2, -0.15) is 9.78 Å². The molecule has 0 fully saturated rings. The average molecular weight is 393 g/mol. The Labute approximate surface area is 168 Å². The highest BCUT2D eigenvalue weighted by molar-refractivity contribution is 5.70. The molecule has 0 saturated heterocycles. The van der Waals surface area contributed by atoms with E-state index in [1.165, 1.54) is 0 Å². The van der Waals surface area contributed by atoms with E-state index in [0.29, 0.717) is 30.0 Å². The van der Waals surface area contributed by atoms with Crippen molar-refractivity contribution in [1.82, 2.24) is 34.7 Å². The number of hydrogen-bond donors (Lipinski definition) is 0. The third kappa shape index (κ3) is 4.40. The van der Waals surface area contributed by atoms with Gasteiger partial charge in [-0.15, -0.1) is 5.10 Å². The van der Waals surface area contributed by atoms with Gasteiger partial charge in [0.15, 0.2) is 11.2 Å². The molecule has 0 N–H and O–H groups in total. The molecule has 0 radical (unpaired) electrons. The second kappa shape index (κ2) is 8.78. The van der Waals surface area contributed by atoms with E-state index in [9.17, 15) is 0 Å². The SMILES string of the molecule is CCOc1ccc(-n2nnc3cnc(Cc4cnn(CCCOC)c4)nc32)cc1. The van der Waals surface area contributed by atoms with Crippen LogP contribution < -0.4 is 4.74 Å². The van der Waals surface area contributed by atoms with Crippen LogP contribution in [0.4, 0.5) is 0 Å². The lowest BCUT2D eigenvalue weighted by Crippen LogP contribution is -2.02. The number of benzene rings is 1. The average Bonchev–Trinajstić information content (AvgIpc) is 3.36. The normalized spacial score (nSPS) is 11.2. The summed E-state index contributed by atoms with van der Waals surface area (Å²) in [5.41, 5.74) is 3.25. The Kier molecular flexibility index (Phi) is 5.76. The predicted octanol–water partition coefficient (Wildman–Crippen LogP) is 2.43. The standard InChI is InChI=1S/C20H23N7O2/c1-3-29-17-7-5-16(6-8-17)27-20-18(24-25-27)13-21-19(23-20)11-15-12-22-26(14-15)9-4-10-28-2/h5-8,12-14H,3-4,9-11H2,1-2H3. The first-order valence-corrected chi connectivity index (χ1v) is 9.57. The summed E-state index contributed by atoms with van der Waals surface area (Å²) in [5.74, 6) is 1.52. The first-order valence-electron chi connectivity index (χ1n) is 9.57. The van der Waals surface area contributed by atoms with E-state index in [2.05, 4.69) is 25.4 Å². The van der Waals surface area contributed by atoms with E-state index in [-0.39, 0.29) is 0 Å². The minimum Gasteiger partial charge on any atom is -0.494 e. The Morgan fingerprint density at radius 2 is 1.97 bits per heavy atom. The van der Waals surface area contributed by atoms with Crippen LogP contribution in [0.1, 0.15) is 24.7 Å². The summed E-state index contributed by atoms with van der Waals surface area (Å²) in [4.78, 5) is 9.12. The van der Waals surface area contributed by atoms with Gasteiger partial charge in [0.1, 0.15) is 11.6 Å². The second-order valence-electron chi connectivity index (χ2n) is 6.56. The van der Waals surface area contributed by atoms with Crippen molar-refractivity contribution in [3.05, 3.63) is 54.2 Å². The predicted molar refractivity (Wildman–Crippen MR) is 107 cm³/mol. The Bertz CT molecular complexity index is 1070. The molecule has 29 heavy (non-hydrogen) atoms. The Hall–Kier alpha value is -3.33. The minimum atomic E-state index is 0.592. The summed E-state index contributed by atoms with van der Waals surface area (Å²) in [7, 11) is 1.70. The van der Waals surface area contributed by atoms with Gasteiger partial charge in [-0.05, 0) is 43.2 Å². The minimum absolute atomic E-state index is 0.592. The van der Waals surface area contributed by atoms with Crippen molar-refractivity contribution in [3.63, 3.8) is 0 Å². The highest BCUT2D eigenvalue weighted by atomic mass is 16.5. The number of ether oxygens (including phenoxy) is 2. The molecule has 0 bridgehead atoms. The fourth-order valence-corrected chi connectivity index (χ4v) is 3.05. The number of methoxy groups -OCH3 is 1. The molecule has 0 atom stereocenters. The third-order valence-electron chi connectivity index (χ3n) is 4.42. The van der Waals surface area contributed by atoms with Gasteiger partial charge in [0.05, 0.1) is 24.7 Å². The molecule has 0 aliphatic heterocycles. The van der Waals surface area contributed by atoms with Gasteiger partial charge in [-0.3, -0.25) is 4.68 Å². The molecule has 4 rings (SSSR count). The van der Waals surface area contributed by atoms with Crippen molar-refractivity contribution in [2.75, 3.05) is 20.3 Å². The molecule has 0 spiro atoms.